The number of hydrogen-bond donors (Lipinski definition) is 2. The zero-order valence-corrected chi connectivity index (χ0v) is 12.9. The van der Waals surface area contributed by atoms with Crippen molar-refractivity contribution >= 4 is 5.91 Å². The van der Waals surface area contributed by atoms with Crippen molar-refractivity contribution in [3.63, 3.8) is 0 Å². The monoisotopic (exact) mass is 270 g/mol. The summed E-state index contributed by atoms with van der Waals surface area (Å²) in [5.41, 5.74) is 0. The Hall–Kier alpha value is -0.650. The molecule has 0 aromatic rings. The van der Waals surface area contributed by atoms with E-state index >= 15 is 0 Å². The summed E-state index contributed by atoms with van der Waals surface area (Å²) in [5, 5.41) is 6.49. The van der Waals surface area contributed by atoms with Crippen molar-refractivity contribution in [1.82, 2.24) is 20.4 Å². The first-order valence-corrected chi connectivity index (χ1v) is 7.34. The molecule has 1 unspecified atom stereocenters. The third-order valence-corrected chi connectivity index (χ3v) is 3.28. The van der Waals surface area contributed by atoms with Crippen molar-refractivity contribution in [1.29, 1.82) is 0 Å². The van der Waals surface area contributed by atoms with Crippen LogP contribution in [0.15, 0.2) is 0 Å². The molecule has 0 saturated carbocycles. The van der Waals surface area contributed by atoms with Gasteiger partial charge >= 0.3 is 0 Å². The molecule has 1 saturated heterocycles. The summed E-state index contributed by atoms with van der Waals surface area (Å²) in [6.45, 7) is 9.75. The Morgan fingerprint density at radius 1 is 1.32 bits per heavy atom. The Labute approximate surface area is 117 Å². The van der Waals surface area contributed by atoms with Crippen molar-refractivity contribution in [2.75, 3.05) is 53.4 Å². The molecule has 0 aliphatic carbocycles. The molecule has 0 radical (unpaired) electrons. The van der Waals surface area contributed by atoms with Crippen LogP contribution in [0, 0.1) is 5.92 Å². The summed E-state index contributed by atoms with van der Waals surface area (Å²) < 4.78 is 0. The summed E-state index contributed by atoms with van der Waals surface area (Å²) in [6.07, 6.45) is 1.03. The molecule has 1 rings (SSSR count). The highest BCUT2D eigenvalue weighted by Crippen LogP contribution is 2.05. The van der Waals surface area contributed by atoms with E-state index < -0.39 is 0 Å². The maximum Gasteiger partial charge on any atom is 0.234 e. The largest absolute Gasteiger partial charge is 0.351 e. The number of amides is 1. The lowest BCUT2D eigenvalue weighted by Crippen LogP contribution is -2.50. The second-order valence-corrected chi connectivity index (χ2v) is 6.18. The predicted octanol–water partition coefficient (Wildman–Crippen LogP) is -0.0159. The van der Waals surface area contributed by atoms with Gasteiger partial charge in [0.05, 0.1) is 6.54 Å². The van der Waals surface area contributed by atoms with E-state index in [4.69, 9.17) is 0 Å². The first-order chi connectivity index (χ1) is 8.97. The van der Waals surface area contributed by atoms with Gasteiger partial charge in [-0.3, -0.25) is 9.69 Å². The molecule has 1 aliphatic rings. The van der Waals surface area contributed by atoms with Crippen LogP contribution in [0.4, 0.5) is 0 Å². The molecule has 5 nitrogen and oxygen atoms in total. The molecule has 2 N–H and O–H groups in total. The van der Waals surface area contributed by atoms with Crippen LogP contribution in [-0.4, -0.2) is 75.1 Å². The molecule has 112 valence electrons. The van der Waals surface area contributed by atoms with Crippen LogP contribution < -0.4 is 10.6 Å². The fraction of sp³-hybridized carbons (Fsp3) is 0.929. The number of nitrogens with one attached hydrogen (secondary N) is 2. The highest BCUT2D eigenvalue weighted by atomic mass is 16.2. The summed E-state index contributed by atoms with van der Waals surface area (Å²) in [6, 6.07) is 0.255. The molecule has 1 heterocycles. The summed E-state index contributed by atoms with van der Waals surface area (Å²) >= 11 is 0. The minimum atomic E-state index is 0.161. The fourth-order valence-corrected chi connectivity index (χ4v) is 2.53. The first kappa shape index (κ1) is 16.4. The average Bonchev–Trinajstić information content (AvgIpc) is 2.27. The van der Waals surface area contributed by atoms with Crippen molar-refractivity contribution < 1.29 is 4.79 Å². The van der Waals surface area contributed by atoms with Gasteiger partial charge < -0.3 is 15.5 Å². The molecule has 1 amide bonds. The van der Waals surface area contributed by atoms with Crippen molar-refractivity contribution in [3.8, 4) is 0 Å². The topological polar surface area (TPSA) is 47.6 Å². The number of piperazine rings is 1. The Kier molecular flexibility index (Phi) is 7.34. The Balaban J connectivity index is 2.36. The maximum absolute atomic E-state index is 12.1. The second kappa shape index (κ2) is 8.51. The van der Waals surface area contributed by atoms with Crippen LogP contribution in [0.2, 0.25) is 0 Å². The van der Waals surface area contributed by atoms with Crippen LogP contribution in [0.1, 0.15) is 20.3 Å². The molecular weight excluding hydrogens is 240 g/mol. The Bertz CT molecular complexity index is 252. The predicted molar refractivity (Wildman–Crippen MR) is 79.2 cm³/mol. The van der Waals surface area contributed by atoms with Crippen molar-refractivity contribution in [3.05, 3.63) is 0 Å². The van der Waals surface area contributed by atoms with Gasteiger partial charge in [0.15, 0.2) is 0 Å². The normalized spacial score (nSPS) is 18.8. The van der Waals surface area contributed by atoms with Gasteiger partial charge in [-0.1, -0.05) is 13.8 Å². The molecule has 0 spiro atoms. The highest BCUT2D eigenvalue weighted by Gasteiger charge is 2.18. The van der Waals surface area contributed by atoms with Crippen LogP contribution >= 0.6 is 0 Å². The number of nitrogens with zero attached hydrogens (tertiary/aromatic N) is 2. The Morgan fingerprint density at radius 3 is 2.47 bits per heavy atom. The van der Waals surface area contributed by atoms with Crippen molar-refractivity contribution in [2.24, 2.45) is 5.92 Å². The van der Waals surface area contributed by atoms with Gasteiger partial charge in [0.1, 0.15) is 0 Å². The molecule has 1 fully saturated rings. The number of hydrogen-bond acceptors (Lipinski definition) is 4. The van der Waals surface area contributed by atoms with E-state index in [1.807, 2.05) is 0 Å². The quantitative estimate of drug-likeness (QED) is 0.683. The van der Waals surface area contributed by atoms with E-state index in [1.54, 1.807) is 0 Å². The highest BCUT2D eigenvalue weighted by molar-refractivity contribution is 5.78. The van der Waals surface area contributed by atoms with E-state index in [9.17, 15) is 4.79 Å². The molecule has 1 atom stereocenters. The van der Waals surface area contributed by atoms with E-state index in [0.717, 1.165) is 39.1 Å². The first-order valence-electron chi connectivity index (χ1n) is 7.34. The van der Waals surface area contributed by atoms with Gasteiger partial charge in [0.2, 0.25) is 5.91 Å². The SMILES string of the molecule is CC(C)CC(CN(C)C)NC(=O)CN1CCNCC1. The summed E-state index contributed by atoms with van der Waals surface area (Å²) in [7, 11) is 4.10. The van der Waals surface area contributed by atoms with Gasteiger partial charge in [0.25, 0.3) is 0 Å². The molecule has 0 aromatic carbocycles. The third kappa shape index (κ3) is 7.50. The van der Waals surface area contributed by atoms with Crippen LogP contribution in [0.3, 0.4) is 0 Å². The summed E-state index contributed by atoms with van der Waals surface area (Å²) in [5.74, 6) is 0.763. The molecule has 1 aliphatic heterocycles. The lowest BCUT2D eigenvalue weighted by Gasteiger charge is -2.28. The standard InChI is InChI=1S/C14H30N4O/c1-12(2)9-13(10-17(3)4)16-14(19)11-18-7-5-15-6-8-18/h12-13,15H,5-11H2,1-4H3,(H,16,19). The van der Waals surface area contributed by atoms with Crippen molar-refractivity contribution in [2.45, 2.75) is 26.3 Å². The van der Waals surface area contributed by atoms with E-state index in [2.05, 4.69) is 48.4 Å². The lowest BCUT2D eigenvalue weighted by molar-refractivity contribution is -0.123. The minimum Gasteiger partial charge on any atom is -0.351 e. The van der Waals surface area contributed by atoms with Gasteiger partial charge in [-0.15, -0.1) is 0 Å². The average molecular weight is 270 g/mol. The van der Waals surface area contributed by atoms with Gasteiger partial charge in [-0.2, -0.15) is 0 Å². The van der Waals surface area contributed by atoms with E-state index in [-0.39, 0.29) is 11.9 Å². The number of likely N-dealkylation sites (N-methyl/N-ethyl adjacent to an activating group) is 1. The van der Waals surface area contributed by atoms with Crippen LogP contribution in [0.25, 0.3) is 0 Å². The van der Waals surface area contributed by atoms with E-state index in [1.165, 1.54) is 0 Å². The maximum atomic E-state index is 12.1. The number of rotatable bonds is 7. The number of carbonyl (C=O) groups is 1. The molecule has 19 heavy (non-hydrogen) atoms. The number of carbonyl (C=O) groups excluding carboxylic acids is 1. The summed E-state index contributed by atoms with van der Waals surface area (Å²) in [4.78, 5) is 16.4. The van der Waals surface area contributed by atoms with Gasteiger partial charge in [-0.05, 0) is 26.4 Å². The lowest BCUT2D eigenvalue weighted by atomic mass is 10.0. The fourth-order valence-electron chi connectivity index (χ4n) is 2.53. The zero-order valence-electron chi connectivity index (χ0n) is 12.9. The third-order valence-electron chi connectivity index (χ3n) is 3.28. The van der Waals surface area contributed by atoms with Crippen LogP contribution in [0.5, 0.6) is 0 Å². The molecule has 0 aromatic heterocycles. The van der Waals surface area contributed by atoms with Crippen LogP contribution in [-0.2, 0) is 4.79 Å². The minimum absolute atomic E-state index is 0.161. The zero-order chi connectivity index (χ0) is 14.3. The smallest absolute Gasteiger partial charge is 0.234 e. The molecule has 0 bridgehead atoms. The molecule has 5 heteroatoms. The Morgan fingerprint density at radius 2 is 1.95 bits per heavy atom. The second-order valence-electron chi connectivity index (χ2n) is 6.18. The van der Waals surface area contributed by atoms with E-state index in [0.29, 0.717) is 12.5 Å². The van der Waals surface area contributed by atoms with Gasteiger partial charge in [-0.25, -0.2) is 0 Å². The molecular formula is C14H30N4O. The van der Waals surface area contributed by atoms with Gasteiger partial charge in [0, 0.05) is 38.8 Å².